The maximum atomic E-state index is 12.8. The summed E-state index contributed by atoms with van der Waals surface area (Å²) in [6, 6.07) is 5.19. The van der Waals surface area contributed by atoms with Gasteiger partial charge in [-0.15, -0.1) is 0 Å². The molecule has 0 aromatic heterocycles. The molecule has 0 saturated heterocycles. The van der Waals surface area contributed by atoms with E-state index >= 15 is 0 Å². The first-order chi connectivity index (χ1) is 9.37. The fraction of sp³-hybridized carbons (Fsp3) is 0.417. The van der Waals surface area contributed by atoms with E-state index in [1.54, 1.807) is 12.1 Å². The molecule has 0 atom stereocenters. The molecule has 1 aromatic carbocycles. The van der Waals surface area contributed by atoms with E-state index < -0.39 is 10.0 Å². The van der Waals surface area contributed by atoms with Gasteiger partial charge in [0, 0.05) is 28.0 Å². The summed E-state index contributed by atoms with van der Waals surface area (Å²) in [5.41, 5.74) is 6.05. The van der Waals surface area contributed by atoms with E-state index in [4.69, 9.17) is 11.0 Å². The van der Waals surface area contributed by atoms with Gasteiger partial charge in [-0.2, -0.15) is 9.57 Å². The van der Waals surface area contributed by atoms with E-state index in [1.165, 1.54) is 4.31 Å². The number of anilines is 1. The van der Waals surface area contributed by atoms with E-state index in [1.807, 2.05) is 6.07 Å². The Bertz CT molecular complexity index is 643. The Labute approximate surface area is 135 Å². The number of nitrogens with two attached hydrogens (primary N) is 1. The predicted molar refractivity (Wildman–Crippen MR) is 83.4 cm³/mol. The third kappa shape index (κ3) is 3.17. The van der Waals surface area contributed by atoms with Crippen LogP contribution in [-0.4, -0.2) is 25.3 Å². The summed E-state index contributed by atoms with van der Waals surface area (Å²) < 4.78 is 28.0. The molecule has 8 heteroatoms. The minimum Gasteiger partial charge on any atom is -0.398 e. The van der Waals surface area contributed by atoms with E-state index in [0.29, 0.717) is 8.95 Å². The fourth-order valence-corrected chi connectivity index (χ4v) is 5.69. The van der Waals surface area contributed by atoms with Gasteiger partial charge in [-0.05, 0) is 40.9 Å². The molecular formula is C12H13Br2N3O2S. The molecule has 0 aliphatic heterocycles. The average Bonchev–Trinajstić information content (AvgIpc) is 3.11. The molecule has 0 unspecified atom stereocenters. The summed E-state index contributed by atoms with van der Waals surface area (Å²) in [6.07, 6.45) is 1.83. The molecule has 0 amide bonds. The van der Waals surface area contributed by atoms with Gasteiger partial charge in [0.15, 0.2) is 0 Å². The summed E-state index contributed by atoms with van der Waals surface area (Å²) in [6.45, 7) is 0.200. The molecule has 1 aromatic rings. The van der Waals surface area contributed by atoms with E-state index in [0.717, 1.165) is 12.8 Å². The SMILES string of the molecule is N#CCCN(C1CC1)S(=O)(=O)c1c(N)cc(Br)cc1Br. The van der Waals surface area contributed by atoms with Crippen molar-refractivity contribution in [2.24, 2.45) is 0 Å². The van der Waals surface area contributed by atoms with E-state index in [-0.39, 0.29) is 29.6 Å². The zero-order chi connectivity index (χ0) is 14.9. The zero-order valence-electron chi connectivity index (χ0n) is 10.5. The van der Waals surface area contributed by atoms with Crippen molar-refractivity contribution in [3.05, 3.63) is 21.1 Å². The summed E-state index contributed by atoms with van der Waals surface area (Å²) in [5.74, 6) is 0. The van der Waals surface area contributed by atoms with Crippen LogP contribution in [0.4, 0.5) is 5.69 Å². The molecule has 1 aliphatic carbocycles. The topological polar surface area (TPSA) is 87.2 Å². The van der Waals surface area contributed by atoms with Crippen molar-refractivity contribution in [2.45, 2.75) is 30.2 Å². The summed E-state index contributed by atoms with van der Waals surface area (Å²) in [7, 11) is -3.70. The third-order valence-electron chi connectivity index (χ3n) is 3.00. The second-order valence-corrected chi connectivity index (χ2v) is 8.16. The number of hydrogen-bond donors (Lipinski definition) is 1. The summed E-state index contributed by atoms with van der Waals surface area (Å²) >= 11 is 6.53. The molecule has 1 aliphatic rings. The third-order valence-corrected chi connectivity index (χ3v) is 6.42. The van der Waals surface area contributed by atoms with Crippen LogP contribution in [-0.2, 0) is 10.0 Å². The first-order valence-corrected chi connectivity index (χ1v) is 9.04. The molecule has 20 heavy (non-hydrogen) atoms. The molecule has 2 rings (SSSR count). The highest BCUT2D eigenvalue weighted by molar-refractivity contribution is 9.11. The molecule has 5 nitrogen and oxygen atoms in total. The zero-order valence-corrected chi connectivity index (χ0v) is 14.5. The molecule has 2 N–H and O–H groups in total. The van der Waals surface area contributed by atoms with E-state index in [9.17, 15) is 8.42 Å². The number of nitriles is 1. The Balaban J connectivity index is 2.46. The van der Waals surface area contributed by atoms with Gasteiger partial charge in [-0.25, -0.2) is 8.42 Å². The lowest BCUT2D eigenvalue weighted by molar-refractivity contribution is 0.411. The molecule has 0 spiro atoms. The highest BCUT2D eigenvalue weighted by Crippen LogP contribution is 2.38. The normalized spacial score (nSPS) is 15.3. The number of rotatable bonds is 5. The van der Waals surface area contributed by atoms with Crippen molar-refractivity contribution in [3.63, 3.8) is 0 Å². The van der Waals surface area contributed by atoms with Crippen LogP contribution in [0.2, 0.25) is 0 Å². The van der Waals surface area contributed by atoms with Crippen LogP contribution in [0.25, 0.3) is 0 Å². The monoisotopic (exact) mass is 421 g/mol. The molecule has 1 fully saturated rings. The number of nitrogen functional groups attached to an aromatic ring is 1. The van der Waals surface area contributed by atoms with Crippen LogP contribution in [0.3, 0.4) is 0 Å². The Kier molecular flexibility index (Phi) is 4.74. The van der Waals surface area contributed by atoms with Gasteiger partial charge in [-0.1, -0.05) is 15.9 Å². The minimum atomic E-state index is -3.70. The van der Waals surface area contributed by atoms with Crippen molar-refractivity contribution in [3.8, 4) is 6.07 Å². The standard InChI is InChI=1S/C12H13Br2N3O2S/c13-8-6-10(14)12(11(16)7-8)20(18,19)17(5-1-4-15)9-2-3-9/h6-7,9H,1-3,5,16H2. The van der Waals surface area contributed by atoms with Crippen molar-refractivity contribution >= 4 is 47.6 Å². The number of halogens is 2. The minimum absolute atomic E-state index is 0.0108. The van der Waals surface area contributed by atoms with Gasteiger partial charge in [0.1, 0.15) is 4.90 Å². The lowest BCUT2D eigenvalue weighted by atomic mass is 10.3. The van der Waals surface area contributed by atoms with Crippen LogP contribution in [0.1, 0.15) is 19.3 Å². The summed E-state index contributed by atoms with van der Waals surface area (Å²) in [5, 5.41) is 8.69. The molecular weight excluding hydrogens is 410 g/mol. The highest BCUT2D eigenvalue weighted by atomic mass is 79.9. The van der Waals surface area contributed by atoms with Gasteiger partial charge >= 0.3 is 0 Å². The Morgan fingerprint density at radius 2 is 2.05 bits per heavy atom. The Morgan fingerprint density at radius 1 is 1.40 bits per heavy atom. The Hall–Kier alpha value is -0.620. The Morgan fingerprint density at radius 3 is 2.55 bits per heavy atom. The molecule has 0 radical (unpaired) electrons. The number of nitrogens with zero attached hydrogens (tertiary/aromatic N) is 2. The molecule has 1 saturated carbocycles. The van der Waals surface area contributed by atoms with E-state index in [2.05, 4.69) is 31.9 Å². The first-order valence-electron chi connectivity index (χ1n) is 6.01. The van der Waals surface area contributed by atoms with Gasteiger partial charge in [0.05, 0.1) is 11.8 Å². The summed E-state index contributed by atoms with van der Waals surface area (Å²) in [4.78, 5) is 0.0746. The molecule has 0 heterocycles. The lowest BCUT2D eigenvalue weighted by Gasteiger charge is -2.22. The van der Waals surface area contributed by atoms with Crippen LogP contribution >= 0.6 is 31.9 Å². The van der Waals surface area contributed by atoms with Crippen molar-refractivity contribution in [1.82, 2.24) is 4.31 Å². The van der Waals surface area contributed by atoms with Gasteiger partial charge < -0.3 is 5.73 Å². The highest BCUT2D eigenvalue weighted by Gasteiger charge is 2.39. The largest absolute Gasteiger partial charge is 0.398 e. The second kappa shape index (κ2) is 6.02. The van der Waals surface area contributed by atoms with Crippen LogP contribution in [0, 0.1) is 11.3 Å². The maximum absolute atomic E-state index is 12.8. The van der Waals surface area contributed by atoms with Gasteiger partial charge in [0.25, 0.3) is 0 Å². The van der Waals surface area contributed by atoms with Crippen molar-refractivity contribution < 1.29 is 8.42 Å². The lowest BCUT2D eigenvalue weighted by Crippen LogP contribution is -2.34. The van der Waals surface area contributed by atoms with Gasteiger partial charge in [-0.3, -0.25) is 0 Å². The quantitative estimate of drug-likeness (QED) is 0.739. The van der Waals surface area contributed by atoms with Crippen LogP contribution in [0.15, 0.2) is 26.0 Å². The van der Waals surface area contributed by atoms with Crippen LogP contribution < -0.4 is 5.73 Å². The number of hydrogen-bond acceptors (Lipinski definition) is 4. The molecule has 108 valence electrons. The average molecular weight is 423 g/mol. The molecule has 0 bridgehead atoms. The second-order valence-electron chi connectivity index (χ2n) is 4.56. The first kappa shape index (κ1) is 15.8. The van der Waals surface area contributed by atoms with Gasteiger partial charge in [0.2, 0.25) is 10.0 Å². The van der Waals surface area contributed by atoms with Crippen LogP contribution in [0.5, 0.6) is 0 Å². The van der Waals surface area contributed by atoms with Crippen molar-refractivity contribution in [1.29, 1.82) is 5.26 Å². The fourth-order valence-electron chi connectivity index (χ4n) is 1.99. The predicted octanol–water partition coefficient (Wildman–Crippen LogP) is 2.86. The smallest absolute Gasteiger partial charge is 0.246 e. The van der Waals surface area contributed by atoms with Crippen molar-refractivity contribution in [2.75, 3.05) is 12.3 Å². The maximum Gasteiger partial charge on any atom is 0.246 e. The number of benzene rings is 1. The number of sulfonamides is 1.